The predicted octanol–water partition coefficient (Wildman–Crippen LogP) is 3.27. The van der Waals surface area contributed by atoms with Gasteiger partial charge in [-0.1, -0.05) is 11.8 Å². The van der Waals surface area contributed by atoms with Crippen LogP contribution in [0.4, 0.5) is 17.5 Å². The second-order valence-corrected chi connectivity index (χ2v) is 6.76. The molecule has 1 unspecified atom stereocenters. The second-order valence-electron chi connectivity index (χ2n) is 5.65. The number of methoxy groups -OCH3 is 1. The molecule has 0 aliphatic rings. The molecule has 0 fully saturated rings. The van der Waals surface area contributed by atoms with Gasteiger partial charge in [-0.15, -0.1) is 0 Å². The first-order valence-electron chi connectivity index (χ1n) is 8.35. The molecule has 0 amide bonds. The van der Waals surface area contributed by atoms with E-state index in [4.69, 9.17) is 9.52 Å². The monoisotopic (exact) mass is 393 g/mol. The van der Waals surface area contributed by atoms with E-state index in [9.17, 15) is 4.21 Å². The molecule has 0 aliphatic heterocycles. The van der Waals surface area contributed by atoms with Crippen LogP contribution in [0.2, 0.25) is 0 Å². The minimum Gasteiger partial charge on any atom is -0.497 e. The summed E-state index contributed by atoms with van der Waals surface area (Å²) >= 11 is 0. The molecule has 3 rings (SSSR count). The second kappa shape index (κ2) is 8.88. The van der Waals surface area contributed by atoms with E-state index < -0.39 is 10.6 Å². The Morgan fingerprint density at radius 3 is 2.39 bits per heavy atom. The fourth-order valence-corrected chi connectivity index (χ4v) is 2.77. The smallest absolute Gasteiger partial charge is 0.229 e. The maximum absolute atomic E-state index is 11.2. The molecule has 1 atom stereocenters. The Balaban J connectivity index is 1.79. The van der Waals surface area contributed by atoms with E-state index in [-0.39, 0.29) is 0 Å². The molecule has 0 aliphatic carbocycles. The molecular weight excluding hydrogens is 374 g/mol. The van der Waals surface area contributed by atoms with Gasteiger partial charge >= 0.3 is 0 Å². The highest BCUT2D eigenvalue weighted by Crippen LogP contribution is 2.18. The highest BCUT2D eigenvalue weighted by atomic mass is 32.2. The summed E-state index contributed by atoms with van der Waals surface area (Å²) in [7, 11) is 1.29. The Morgan fingerprint density at radius 2 is 1.79 bits per heavy atom. The minimum atomic E-state index is -2.10. The molecule has 0 saturated carbocycles. The third-order valence-corrected chi connectivity index (χ3v) is 4.58. The van der Waals surface area contributed by atoms with Crippen molar-refractivity contribution in [1.29, 1.82) is 4.78 Å². The van der Waals surface area contributed by atoms with Crippen LogP contribution in [0, 0.1) is 16.6 Å². The summed E-state index contributed by atoms with van der Waals surface area (Å²) in [6.07, 6.45) is 1.65. The van der Waals surface area contributed by atoms with Gasteiger partial charge in [-0.2, -0.15) is 4.98 Å². The highest BCUT2D eigenvalue weighted by Gasteiger charge is 2.05. The van der Waals surface area contributed by atoms with Crippen molar-refractivity contribution in [3.63, 3.8) is 0 Å². The number of aromatic nitrogens is 2. The van der Waals surface area contributed by atoms with Crippen LogP contribution < -0.4 is 15.4 Å². The minimum absolute atomic E-state index is 0.405. The first-order chi connectivity index (χ1) is 13.6. The lowest BCUT2D eigenvalue weighted by Crippen LogP contribution is -2.03. The largest absolute Gasteiger partial charge is 0.497 e. The molecular formula is C20H19N5O2S. The van der Waals surface area contributed by atoms with E-state index in [1.54, 1.807) is 44.6 Å². The average molecular weight is 393 g/mol. The van der Waals surface area contributed by atoms with Crippen LogP contribution in [-0.2, 0) is 10.6 Å². The van der Waals surface area contributed by atoms with Crippen molar-refractivity contribution >= 4 is 28.0 Å². The van der Waals surface area contributed by atoms with Crippen LogP contribution in [0.25, 0.3) is 0 Å². The summed E-state index contributed by atoms with van der Waals surface area (Å²) in [6, 6.07) is 14.2. The van der Waals surface area contributed by atoms with Gasteiger partial charge in [0.1, 0.15) is 11.6 Å². The van der Waals surface area contributed by atoms with E-state index in [0.29, 0.717) is 22.2 Å². The number of nitrogens with zero attached hydrogens (tertiary/aromatic N) is 2. The Labute approximate surface area is 165 Å². The van der Waals surface area contributed by atoms with Crippen LogP contribution in [0.15, 0.2) is 59.6 Å². The molecule has 1 aromatic heterocycles. The van der Waals surface area contributed by atoms with Crippen molar-refractivity contribution in [3.8, 4) is 17.6 Å². The fourth-order valence-electron chi connectivity index (χ4n) is 2.35. The number of benzene rings is 2. The molecule has 0 bridgehead atoms. The lowest BCUT2D eigenvalue weighted by atomic mass is 10.2. The van der Waals surface area contributed by atoms with Crippen LogP contribution in [0.3, 0.4) is 0 Å². The van der Waals surface area contributed by atoms with Gasteiger partial charge in [-0.05, 0) is 48.5 Å². The van der Waals surface area contributed by atoms with Crippen molar-refractivity contribution in [2.75, 3.05) is 24.8 Å². The molecule has 2 aromatic carbocycles. The number of nitrogens with one attached hydrogen (secondary N) is 3. The van der Waals surface area contributed by atoms with Crippen LogP contribution in [-0.4, -0.2) is 28.3 Å². The van der Waals surface area contributed by atoms with E-state index >= 15 is 0 Å². The number of thiol groups is 1. The van der Waals surface area contributed by atoms with Crippen LogP contribution in [0.5, 0.6) is 5.75 Å². The first-order valence-corrected chi connectivity index (χ1v) is 9.61. The van der Waals surface area contributed by atoms with E-state index in [0.717, 1.165) is 17.0 Å². The topological polar surface area (TPSA) is 100.0 Å². The third-order valence-electron chi connectivity index (χ3n) is 3.82. The normalized spacial score (nSPS) is 11.1. The zero-order chi connectivity index (χ0) is 19.9. The van der Waals surface area contributed by atoms with Crippen LogP contribution >= 0.6 is 0 Å². The molecule has 0 saturated heterocycles. The quantitative estimate of drug-likeness (QED) is 0.392. The maximum atomic E-state index is 11.2. The first kappa shape index (κ1) is 19.2. The van der Waals surface area contributed by atoms with Crippen molar-refractivity contribution < 1.29 is 8.95 Å². The van der Waals surface area contributed by atoms with Gasteiger partial charge < -0.3 is 15.4 Å². The summed E-state index contributed by atoms with van der Waals surface area (Å²) in [5.41, 5.74) is 2.27. The summed E-state index contributed by atoms with van der Waals surface area (Å²) in [5.74, 6) is 7.94. The van der Waals surface area contributed by atoms with Crippen molar-refractivity contribution in [2.24, 2.45) is 0 Å². The van der Waals surface area contributed by atoms with Crippen molar-refractivity contribution in [3.05, 3.63) is 65.9 Å². The van der Waals surface area contributed by atoms with E-state index in [1.807, 2.05) is 24.3 Å². The Morgan fingerprint density at radius 1 is 1.07 bits per heavy atom. The molecule has 1 heterocycles. The van der Waals surface area contributed by atoms with Gasteiger partial charge in [-0.3, -0.25) is 4.78 Å². The molecule has 0 radical (unpaired) electrons. The molecule has 28 heavy (non-hydrogen) atoms. The zero-order valence-electron chi connectivity index (χ0n) is 15.4. The van der Waals surface area contributed by atoms with Crippen molar-refractivity contribution in [1.82, 2.24) is 9.97 Å². The lowest BCUT2D eigenvalue weighted by molar-refractivity contribution is 0.415. The zero-order valence-corrected chi connectivity index (χ0v) is 16.2. The number of hydrogen-bond acceptors (Lipinski definition) is 7. The van der Waals surface area contributed by atoms with Gasteiger partial charge in [0.05, 0.1) is 29.5 Å². The SMILES string of the molecule is CNc1nc(Nc2ccc([SH](=N)=O)cc2)ncc1C#Cc1ccc(OC)cc1. The average Bonchev–Trinajstić information content (AvgIpc) is 2.73. The van der Waals surface area contributed by atoms with Gasteiger partial charge in [0.25, 0.3) is 0 Å². The summed E-state index contributed by atoms with van der Waals surface area (Å²) < 4.78 is 23.6. The maximum Gasteiger partial charge on any atom is 0.229 e. The molecule has 3 aromatic rings. The number of ether oxygens (including phenoxy) is 1. The van der Waals surface area contributed by atoms with Gasteiger partial charge in [-0.25, -0.2) is 9.19 Å². The van der Waals surface area contributed by atoms with Crippen LogP contribution in [0.1, 0.15) is 11.1 Å². The molecule has 3 N–H and O–H groups in total. The summed E-state index contributed by atoms with van der Waals surface area (Å²) in [4.78, 5) is 9.21. The third kappa shape index (κ3) is 4.78. The molecule has 142 valence electrons. The number of hydrogen-bond donors (Lipinski definition) is 4. The Hall–Kier alpha value is -3.57. The Bertz CT molecular complexity index is 1090. The molecule has 7 nitrogen and oxygen atoms in total. The van der Waals surface area contributed by atoms with E-state index in [2.05, 4.69) is 32.4 Å². The lowest BCUT2D eigenvalue weighted by Gasteiger charge is -2.08. The Kier molecular flexibility index (Phi) is 6.09. The fraction of sp³-hybridized carbons (Fsp3) is 0.100. The number of rotatable bonds is 5. The predicted molar refractivity (Wildman–Crippen MR) is 111 cm³/mol. The summed E-state index contributed by atoms with van der Waals surface area (Å²) in [5, 5.41) is 6.10. The van der Waals surface area contributed by atoms with E-state index in [1.165, 1.54) is 0 Å². The van der Waals surface area contributed by atoms with Gasteiger partial charge in [0.2, 0.25) is 5.95 Å². The number of anilines is 3. The summed E-state index contributed by atoms with van der Waals surface area (Å²) in [6.45, 7) is 0. The van der Waals surface area contributed by atoms with Crippen molar-refractivity contribution in [2.45, 2.75) is 4.90 Å². The van der Waals surface area contributed by atoms with Gasteiger partial charge in [0.15, 0.2) is 0 Å². The highest BCUT2D eigenvalue weighted by molar-refractivity contribution is 7.73. The van der Waals surface area contributed by atoms with Gasteiger partial charge in [0, 0.05) is 23.2 Å². The molecule has 8 heteroatoms. The standard InChI is InChI=1S/C20H19N5O2S/c1-22-19-15(6-3-14-4-9-17(27-2)10-5-14)13-23-20(25-19)24-16-7-11-18(12-8-16)28(21)26/h4-5,7-13,21,28H,1-2H3,(H2,22,23,24,25). The molecule has 0 spiro atoms.